The molecule has 0 radical (unpaired) electrons. The van der Waals surface area contributed by atoms with Crippen LogP contribution in [0, 0.1) is 6.92 Å². The molecule has 0 saturated carbocycles. The van der Waals surface area contributed by atoms with Crippen LogP contribution in [0.2, 0.25) is 19.6 Å². The number of aromatic amines is 1. The maximum absolute atomic E-state index is 11.7. The van der Waals surface area contributed by atoms with Crippen molar-refractivity contribution in [1.82, 2.24) is 9.55 Å². The van der Waals surface area contributed by atoms with E-state index in [1.165, 1.54) is 6.20 Å². The van der Waals surface area contributed by atoms with E-state index in [-0.39, 0.29) is 18.0 Å². The first-order chi connectivity index (χ1) is 7.73. The van der Waals surface area contributed by atoms with Crippen molar-refractivity contribution in [3.63, 3.8) is 0 Å². The highest BCUT2D eigenvalue weighted by molar-refractivity contribution is 6.77. The Morgan fingerprint density at radius 2 is 2.00 bits per heavy atom. The molecular weight excluding hydrogens is 236 g/mol. The summed E-state index contributed by atoms with van der Waals surface area (Å²) in [7, 11) is -1.41. The highest BCUT2D eigenvalue weighted by atomic mass is 28.3. The molecule has 1 N–H and O–H groups in total. The van der Waals surface area contributed by atoms with Gasteiger partial charge in [0.15, 0.2) is 0 Å². The predicted octanol–water partition coefficient (Wildman–Crippen LogP) is 1.09. The Bertz CT molecular complexity index is 499. The van der Waals surface area contributed by atoms with Crippen LogP contribution < -0.4 is 11.2 Å². The third kappa shape index (κ3) is 3.40. The molecule has 5 nitrogen and oxygen atoms in total. The van der Waals surface area contributed by atoms with E-state index in [0.717, 1.165) is 4.57 Å². The van der Waals surface area contributed by atoms with Crippen LogP contribution in [0.5, 0.6) is 0 Å². The number of nitrogens with zero attached hydrogens (tertiary/aromatic N) is 1. The molecule has 1 heterocycles. The summed E-state index contributed by atoms with van der Waals surface area (Å²) in [6.45, 7) is 10.2. The van der Waals surface area contributed by atoms with Gasteiger partial charge in [-0.2, -0.15) is 0 Å². The maximum atomic E-state index is 11.7. The summed E-state index contributed by atoms with van der Waals surface area (Å²) in [6.07, 6.45) is 1.42. The van der Waals surface area contributed by atoms with Gasteiger partial charge >= 0.3 is 5.69 Å². The van der Waals surface area contributed by atoms with Crippen molar-refractivity contribution in [3.8, 4) is 0 Å². The van der Waals surface area contributed by atoms with Crippen molar-refractivity contribution >= 4 is 8.07 Å². The topological polar surface area (TPSA) is 64.1 Å². The zero-order valence-corrected chi connectivity index (χ0v) is 12.0. The van der Waals surface area contributed by atoms with E-state index in [1.54, 1.807) is 6.92 Å². The number of rotatable bonds is 4. The fraction of sp³-hybridized carbons (Fsp3) is 0.636. The molecule has 0 aliphatic heterocycles. The lowest BCUT2D eigenvalue weighted by Gasteiger charge is -2.25. The number of aromatic nitrogens is 2. The molecule has 1 unspecified atom stereocenters. The minimum atomic E-state index is -1.41. The summed E-state index contributed by atoms with van der Waals surface area (Å²) in [5, 5.41) is 0. The van der Waals surface area contributed by atoms with Crippen LogP contribution in [0.25, 0.3) is 0 Å². The first-order valence-electron chi connectivity index (χ1n) is 5.64. The van der Waals surface area contributed by atoms with Gasteiger partial charge in [0.25, 0.3) is 5.56 Å². The van der Waals surface area contributed by atoms with Gasteiger partial charge in [-0.15, -0.1) is 0 Å². The van der Waals surface area contributed by atoms with E-state index in [9.17, 15) is 9.59 Å². The standard InChI is InChI=1S/C11H20N2O3Si/c1-8-6-12-11(15)13(10(8)14)7-16-9(2)17(3,4)5/h6,9H,7H2,1-5H3,(H,12,15). The molecule has 0 spiro atoms. The smallest absolute Gasteiger partial charge is 0.330 e. The predicted molar refractivity (Wildman–Crippen MR) is 70.0 cm³/mol. The Hall–Kier alpha value is -1.14. The van der Waals surface area contributed by atoms with Crippen molar-refractivity contribution in [2.75, 3.05) is 0 Å². The Balaban J connectivity index is 2.88. The van der Waals surface area contributed by atoms with Crippen molar-refractivity contribution < 1.29 is 4.74 Å². The van der Waals surface area contributed by atoms with E-state index >= 15 is 0 Å². The maximum Gasteiger partial charge on any atom is 0.330 e. The zero-order chi connectivity index (χ0) is 13.2. The van der Waals surface area contributed by atoms with Gasteiger partial charge in [0.2, 0.25) is 0 Å². The monoisotopic (exact) mass is 256 g/mol. The Morgan fingerprint density at radius 1 is 1.41 bits per heavy atom. The molecule has 96 valence electrons. The van der Waals surface area contributed by atoms with Crippen molar-refractivity contribution in [2.45, 2.75) is 45.9 Å². The SMILES string of the molecule is Cc1c[nH]c(=O)n(COC(C)[Si](C)(C)C)c1=O. The summed E-state index contributed by atoms with van der Waals surface area (Å²) >= 11 is 0. The molecule has 0 aliphatic rings. The van der Waals surface area contributed by atoms with Crippen LogP contribution in [-0.4, -0.2) is 23.4 Å². The highest BCUT2D eigenvalue weighted by Crippen LogP contribution is 2.10. The molecule has 0 aromatic carbocycles. The van der Waals surface area contributed by atoms with Crippen LogP contribution >= 0.6 is 0 Å². The van der Waals surface area contributed by atoms with Gasteiger partial charge in [0.1, 0.15) is 6.73 Å². The fourth-order valence-electron chi connectivity index (χ4n) is 1.17. The lowest BCUT2D eigenvalue weighted by molar-refractivity contribution is 0.0515. The number of hydrogen-bond acceptors (Lipinski definition) is 3. The van der Waals surface area contributed by atoms with E-state index in [2.05, 4.69) is 24.6 Å². The lowest BCUT2D eigenvalue weighted by atomic mass is 10.4. The van der Waals surface area contributed by atoms with E-state index < -0.39 is 13.8 Å². The number of nitrogens with one attached hydrogen (secondary N) is 1. The number of hydrogen-bond donors (Lipinski definition) is 1. The van der Waals surface area contributed by atoms with Gasteiger partial charge in [-0.1, -0.05) is 19.6 Å². The molecule has 17 heavy (non-hydrogen) atoms. The molecule has 1 rings (SSSR count). The summed E-state index contributed by atoms with van der Waals surface area (Å²) < 4.78 is 6.70. The van der Waals surface area contributed by atoms with Gasteiger partial charge in [-0.05, 0) is 13.8 Å². The highest BCUT2D eigenvalue weighted by Gasteiger charge is 2.23. The van der Waals surface area contributed by atoms with Crippen molar-refractivity contribution in [1.29, 1.82) is 0 Å². The molecule has 0 aliphatic carbocycles. The second kappa shape index (κ2) is 5.01. The Morgan fingerprint density at radius 3 is 2.53 bits per heavy atom. The molecule has 0 saturated heterocycles. The third-order valence-corrected chi connectivity index (χ3v) is 5.52. The van der Waals surface area contributed by atoms with E-state index in [4.69, 9.17) is 4.74 Å². The minimum absolute atomic E-state index is 0.0152. The molecule has 1 aromatic heterocycles. The van der Waals surface area contributed by atoms with Crippen LogP contribution in [0.3, 0.4) is 0 Å². The number of H-pyrrole nitrogens is 1. The molecule has 0 fully saturated rings. The Kier molecular flexibility index (Phi) is 4.10. The van der Waals surface area contributed by atoms with E-state index in [0.29, 0.717) is 5.56 Å². The Labute approximate surface area is 101 Å². The second-order valence-corrected chi connectivity index (χ2v) is 10.9. The number of ether oxygens (including phenoxy) is 1. The zero-order valence-electron chi connectivity index (χ0n) is 11.0. The normalized spacial score (nSPS) is 13.7. The lowest BCUT2D eigenvalue weighted by Crippen LogP contribution is -2.42. The molecular formula is C11H20N2O3Si. The van der Waals surface area contributed by atoms with Gasteiger partial charge < -0.3 is 9.72 Å². The quantitative estimate of drug-likeness (QED) is 0.820. The molecule has 0 amide bonds. The largest absolute Gasteiger partial charge is 0.361 e. The summed E-state index contributed by atoms with van der Waals surface area (Å²) in [5.74, 6) is 0. The van der Waals surface area contributed by atoms with Gasteiger partial charge in [0, 0.05) is 17.5 Å². The van der Waals surface area contributed by atoms with Crippen molar-refractivity contribution in [3.05, 3.63) is 32.6 Å². The average Bonchev–Trinajstić information content (AvgIpc) is 2.22. The first-order valence-corrected chi connectivity index (χ1v) is 9.22. The molecule has 6 heteroatoms. The summed E-state index contributed by atoms with van der Waals surface area (Å²) in [6, 6.07) is 0. The van der Waals surface area contributed by atoms with Crippen LogP contribution in [0.15, 0.2) is 15.8 Å². The van der Waals surface area contributed by atoms with Crippen LogP contribution in [0.4, 0.5) is 0 Å². The molecule has 1 aromatic rings. The molecule has 0 bridgehead atoms. The van der Waals surface area contributed by atoms with Crippen molar-refractivity contribution in [2.24, 2.45) is 0 Å². The van der Waals surface area contributed by atoms with Gasteiger partial charge in [-0.25, -0.2) is 9.36 Å². The first kappa shape index (κ1) is 13.9. The second-order valence-electron chi connectivity index (χ2n) is 5.31. The van der Waals surface area contributed by atoms with Gasteiger partial charge in [0.05, 0.1) is 8.07 Å². The number of aryl methyl sites for hydroxylation is 1. The van der Waals surface area contributed by atoms with Crippen LogP contribution in [0.1, 0.15) is 12.5 Å². The van der Waals surface area contributed by atoms with Gasteiger partial charge in [-0.3, -0.25) is 4.79 Å². The summed E-state index contributed by atoms with van der Waals surface area (Å²) in [5.41, 5.74) is -0.122. The third-order valence-electron chi connectivity index (χ3n) is 2.91. The van der Waals surface area contributed by atoms with Crippen LogP contribution in [-0.2, 0) is 11.5 Å². The summed E-state index contributed by atoms with van der Waals surface area (Å²) in [4.78, 5) is 25.7. The fourth-order valence-corrected chi connectivity index (χ4v) is 1.74. The minimum Gasteiger partial charge on any atom is -0.361 e. The average molecular weight is 256 g/mol. The van der Waals surface area contributed by atoms with E-state index in [1.807, 2.05) is 6.92 Å². The molecule has 1 atom stereocenters.